The molecule has 0 aliphatic rings. The van der Waals surface area contributed by atoms with E-state index in [-0.39, 0.29) is 6.10 Å². The van der Waals surface area contributed by atoms with Gasteiger partial charge in [0.05, 0.1) is 13.2 Å². The van der Waals surface area contributed by atoms with Crippen molar-refractivity contribution in [2.45, 2.75) is 19.6 Å². The molecule has 1 rings (SSSR count). The van der Waals surface area contributed by atoms with E-state index >= 15 is 0 Å². The van der Waals surface area contributed by atoms with Gasteiger partial charge in [-0.1, -0.05) is 30.3 Å². The van der Waals surface area contributed by atoms with Gasteiger partial charge in [0.2, 0.25) is 0 Å². The van der Waals surface area contributed by atoms with Crippen LogP contribution in [0.5, 0.6) is 0 Å². The number of benzene rings is 1. The monoisotopic (exact) mass is 193 g/mol. The number of carbonyl (C=O) groups excluding carboxylic acids is 1. The second-order valence-corrected chi connectivity index (χ2v) is 3.01. The molecule has 0 fully saturated rings. The van der Waals surface area contributed by atoms with Crippen LogP contribution in [0, 0.1) is 0 Å². The molecule has 0 spiro atoms. The Hall–Kier alpha value is -1.35. The number of hydrogen-bond acceptors (Lipinski definition) is 3. The van der Waals surface area contributed by atoms with Gasteiger partial charge in [0.15, 0.2) is 0 Å². The minimum Gasteiger partial charge on any atom is -0.452 e. The van der Waals surface area contributed by atoms with E-state index < -0.39 is 0 Å². The van der Waals surface area contributed by atoms with Gasteiger partial charge in [0.1, 0.15) is 6.10 Å². The Balaban J connectivity index is 2.18. The number of rotatable bonds is 6. The molecule has 1 radical (unpaired) electrons. The molecule has 0 aliphatic carbocycles. The summed E-state index contributed by atoms with van der Waals surface area (Å²) in [5.41, 5.74) is 1.11. The number of ether oxygens (including phenoxy) is 2. The van der Waals surface area contributed by atoms with Crippen LogP contribution in [-0.2, 0) is 20.9 Å². The highest BCUT2D eigenvalue weighted by Gasteiger charge is 2.01. The molecule has 75 valence electrons. The van der Waals surface area contributed by atoms with Crippen molar-refractivity contribution in [1.29, 1.82) is 0 Å². The van der Waals surface area contributed by atoms with E-state index in [0.29, 0.717) is 13.2 Å². The van der Waals surface area contributed by atoms with E-state index in [0.717, 1.165) is 5.56 Å². The molecular formula is C11H13O3. The van der Waals surface area contributed by atoms with Gasteiger partial charge in [-0.2, -0.15) is 0 Å². The molecule has 0 saturated heterocycles. The zero-order valence-corrected chi connectivity index (χ0v) is 8.10. The van der Waals surface area contributed by atoms with Crippen molar-refractivity contribution >= 4 is 6.47 Å². The topological polar surface area (TPSA) is 35.5 Å². The van der Waals surface area contributed by atoms with Crippen LogP contribution in [0.25, 0.3) is 0 Å². The van der Waals surface area contributed by atoms with Gasteiger partial charge in [-0.15, -0.1) is 0 Å². The predicted octanol–water partition coefficient (Wildman–Crippen LogP) is 1.68. The van der Waals surface area contributed by atoms with Crippen molar-refractivity contribution in [3.05, 3.63) is 35.9 Å². The Bertz CT molecular complexity index is 258. The smallest absolute Gasteiger partial charge is 0.417 e. The molecular weight excluding hydrogens is 180 g/mol. The van der Waals surface area contributed by atoms with Crippen LogP contribution in [-0.4, -0.2) is 19.2 Å². The average Bonchev–Trinajstić information content (AvgIpc) is 2.20. The van der Waals surface area contributed by atoms with Crippen molar-refractivity contribution in [1.82, 2.24) is 0 Å². The second-order valence-electron chi connectivity index (χ2n) is 3.01. The Morgan fingerprint density at radius 1 is 1.36 bits per heavy atom. The first-order valence-corrected chi connectivity index (χ1v) is 4.47. The Labute approximate surface area is 83.6 Å². The SMILES string of the molecule is CC(COCc1ccccc1)O[C]=O. The summed E-state index contributed by atoms with van der Waals surface area (Å²) < 4.78 is 9.88. The lowest BCUT2D eigenvalue weighted by Crippen LogP contribution is -2.14. The third-order valence-electron chi connectivity index (χ3n) is 1.71. The van der Waals surface area contributed by atoms with E-state index in [1.54, 1.807) is 6.92 Å². The van der Waals surface area contributed by atoms with Crippen molar-refractivity contribution in [2.75, 3.05) is 6.61 Å². The van der Waals surface area contributed by atoms with Crippen LogP contribution in [0.1, 0.15) is 12.5 Å². The summed E-state index contributed by atoms with van der Waals surface area (Å²) in [6, 6.07) is 9.83. The maximum absolute atomic E-state index is 9.85. The summed E-state index contributed by atoms with van der Waals surface area (Å²) in [4.78, 5) is 9.85. The molecule has 3 nitrogen and oxygen atoms in total. The zero-order chi connectivity index (χ0) is 10.2. The van der Waals surface area contributed by atoms with Crippen molar-refractivity contribution in [3.8, 4) is 0 Å². The van der Waals surface area contributed by atoms with Crippen molar-refractivity contribution in [3.63, 3.8) is 0 Å². The third-order valence-corrected chi connectivity index (χ3v) is 1.71. The summed E-state index contributed by atoms with van der Waals surface area (Å²) >= 11 is 0. The summed E-state index contributed by atoms with van der Waals surface area (Å²) in [6.07, 6.45) is -0.240. The highest BCUT2D eigenvalue weighted by atomic mass is 16.6. The molecule has 14 heavy (non-hydrogen) atoms. The summed E-state index contributed by atoms with van der Waals surface area (Å²) in [7, 11) is 0. The van der Waals surface area contributed by atoms with Crippen LogP contribution in [0.4, 0.5) is 0 Å². The molecule has 1 unspecified atom stereocenters. The summed E-state index contributed by atoms with van der Waals surface area (Å²) in [6.45, 7) is 4.07. The minimum absolute atomic E-state index is 0.240. The van der Waals surface area contributed by atoms with Crippen LogP contribution in [0.3, 0.4) is 0 Å². The van der Waals surface area contributed by atoms with E-state index in [2.05, 4.69) is 4.74 Å². The first-order chi connectivity index (χ1) is 6.83. The molecule has 0 N–H and O–H groups in total. The quantitative estimate of drug-likeness (QED) is 0.689. The lowest BCUT2D eigenvalue weighted by molar-refractivity contribution is 0.0422. The predicted molar refractivity (Wildman–Crippen MR) is 52.3 cm³/mol. The largest absolute Gasteiger partial charge is 0.452 e. The lowest BCUT2D eigenvalue weighted by atomic mass is 10.2. The van der Waals surface area contributed by atoms with E-state index in [9.17, 15) is 4.79 Å². The summed E-state index contributed by atoms with van der Waals surface area (Å²) in [5, 5.41) is 0. The van der Waals surface area contributed by atoms with Crippen LogP contribution in [0.15, 0.2) is 30.3 Å². The molecule has 0 bridgehead atoms. The highest BCUT2D eigenvalue weighted by Crippen LogP contribution is 2.01. The van der Waals surface area contributed by atoms with Gasteiger partial charge in [-0.05, 0) is 12.5 Å². The standard InChI is InChI=1S/C11H13O3/c1-10(14-9-12)7-13-8-11-5-3-2-4-6-11/h2-6,10H,7-8H2,1H3. The van der Waals surface area contributed by atoms with E-state index in [1.807, 2.05) is 30.3 Å². The molecule has 3 heteroatoms. The van der Waals surface area contributed by atoms with Crippen LogP contribution in [0.2, 0.25) is 0 Å². The van der Waals surface area contributed by atoms with E-state index in [4.69, 9.17) is 4.74 Å². The lowest BCUT2D eigenvalue weighted by Gasteiger charge is -2.09. The molecule has 1 aromatic carbocycles. The highest BCUT2D eigenvalue weighted by molar-refractivity contribution is 5.38. The molecule has 0 aliphatic heterocycles. The summed E-state index contributed by atoms with van der Waals surface area (Å²) in [5.74, 6) is 0. The fourth-order valence-corrected chi connectivity index (χ4v) is 1.03. The Morgan fingerprint density at radius 3 is 2.71 bits per heavy atom. The second kappa shape index (κ2) is 6.16. The normalized spacial score (nSPS) is 12.1. The van der Waals surface area contributed by atoms with Crippen molar-refractivity contribution in [2.24, 2.45) is 0 Å². The van der Waals surface area contributed by atoms with Gasteiger partial charge < -0.3 is 9.47 Å². The molecule has 1 aromatic rings. The maximum atomic E-state index is 9.85. The van der Waals surface area contributed by atoms with Crippen LogP contribution >= 0.6 is 0 Å². The minimum atomic E-state index is -0.240. The van der Waals surface area contributed by atoms with Crippen LogP contribution < -0.4 is 0 Å². The molecule has 0 aromatic heterocycles. The van der Waals surface area contributed by atoms with Gasteiger partial charge in [-0.3, -0.25) is 0 Å². The fraction of sp³-hybridized carbons (Fsp3) is 0.364. The third kappa shape index (κ3) is 4.05. The van der Waals surface area contributed by atoms with Gasteiger partial charge >= 0.3 is 6.47 Å². The first kappa shape index (κ1) is 10.7. The molecule has 0 heterocycles. The maximum Gasteiger partial charge on any atom is 0.417 e. The zero-order valence-electron chi connectivity index (χ0n) is 8.10. The molecule has 1 atom stereocenters. The van der Waals surface area contributed by atoms with Gasteiger partial charge in [-0.25, -0.2) is 4.79 Å². The molecule has 0 amide bonds. The van der Waals surface area contributed by atoms with Crippen molar-refractivity contribution < 1.29 is 14.3 Å². The van der Waals surface area contributed by atoms with Gasteiger partial charge in [0, 0.05) is 0 Å². The Kier molecular flexibility index (Phi) is 4.72. The first-order valence-electron chi connectivity index (χ1n) is 4.47. The average molecular weight is 193 g/mol. The molecule has 0 saturated carbocycles. The Morgan fingerprint density at radius 2 is 2.07 bits per heavy atom. The fourth-order valence-electron chi connectivity index (χ4n) is 1.03. The van der Waals surface area contributed by atoms with Gasteiger partial charge in [0.25, 0.3) is 0 Å². The number of hydrogen-bond donors (Lipinski definition) is 0. The van der Waals surface area contributed by atoms with E-state index in [1.165, 1.54) is 6.47 Å².